The lowest BCUT2D eigenvalue weighted by atomic mass is 10.2. The molecule has 98 valence electrons. The summed E-state index contributed by atoms with van der Waals surface area (Å²) in [4.78, 5) is 9.64. The zero-order valence-electron chi connectivity index (χ0n) is 10.8. The van der Waals surface area contributed by atoms with Crippen LogP contribution in [-0.2, 0) is 13.0 Å². The van der Waals surface area contributed by atoms with E-state index in [4.69, 9.17) is 0 Å². The molecule has 0 saturated heterocycles. The van der Waals surface area contributed by atoms with Crippen LogP contribution in [0, 0.1) is 6.92 Å². The Kier molecular flexibility index (Phi) is 3.57. The number of hydrogen-bond donors (Lipinski definition) is 1. The number of thiazole rings is 1. The molecule has 0 aliphatic rings. The van der Waals surface area contributed by atoms with Crippen LogP contribution in [0.15, 0.2) is 36.1 Å². The van der Waals surface area contributed by atoms with Crippen molar-refractivity contribution >= 4 is 16.3 Å². The molecule has 0 aromatic carbocycles. The quantitative estimate of drug-likeness (QED) is 0.725. The van der Waals surface area contributed by atoms with Crippen LogP contribution in [0.3, 0.4) is 0 Å². The van der Waals surface area contributed by atoms with Gasteiger partial charge in [0.05, 0.1) is 11.4 Å². The molecule has 1 N–H and O–H groups in total. The second kappa shape index (κ2) is 5.50. The van der Waals surface area contributed by atoms with Crippen molar-refractivity contribution in [3.63, 3.8) is 0 Å². The Morgan fingerprint density at radius 2 is 2.16 bits per heavy atom. The molecule has 0 saturated carbocycles. The molecule has 0 unspecified atom stereocenters. The average molecular weight is 272 g/mol. The van der Waals surface area contributed by atoms with E-state index in [0.717, 1.165) is 30.2 Å². The Balaban J connectivity index is 1.58. The highest BCUT2D eigenvalue weighted by atomic mass is 32.1. The van der Waals surface area contributed by atoms with Crippen molar-refractivity contribution < 1.29 is 0 Å². The second-order valence-corrected chi connectivity index (χ2v) is 5.35. The van der Waals surface area contributed by atoms with Crippen molar-refractivity contribution in [2.45, 2.75) is 19.9 Å². The normalized spacial score (nSPS) is 11.2. The van der Waals surface area contributed by atoms with Gasteiger partial charge in [0.2, 0.25) is 0 Å². The Morgan fingerprint density at radius 3 is 3.00 bits per heavy atom. The number of rotatable bonds is 5. The van der Waals surface area contributed by atoms with Gasteiger partial charge in [0.1, 0.15) is 0 Å². The van der Waals surface area contributed by atoms with E-state index in [-0.39, 0.29) is 0 Å². The fourth-order valence-corrected chi connectivity index (χ4v) is 2.92. The maximum absolute atomic E-state index is 4.54. The first-order valence-corrected chi connectivity index (χ1v) is 7.23. The molecule has 0 fully saturated rings. The van der Waals surface area contributed by atoms with Gasteiger partial charge in [-0.15, -0.1) is 11.3 Å². The van der Waals surface area contributed by atoms with Gasteiger partial charge in [-0.05, 0) is 37.6 Å². The van der Waals surface area contributed by atoms with E-state index in [1.807, 2.05) is 12.4 Å². The van der Waals surface area contributed by atoms with E-state index in [2.05, 4.69) is 50.3 Å². The third-order valence-electron chi connectivity index (χ3n) is 3.19. The number of aromatic nitrogens is 3. The molecule has 0 bridgehead atoms. The van der Waals surface area contributed by atoms with Crippen LogP contribution in [0.4, 0.5) is 0 Å². The highest BCUT2D eigenvalue weighted by Crippen LogP contribution is 2.16. The third kappa shape index (κ3) is 2.67. The van der Waals surface area contributed by atoms with Crippen molar-refractivity contribution in [3.8, 4) is 0 Å². The lowest BCUT2D eigenvalue weighted by Gasteiger charge is -2.05. The predicted molar refractivity (Wildman–Crippen MR) is 77.5 cm³/mol. The molecule has 0 radical (unpaired) electrons. The molecule has 0 spiro atoms. The highest BCUT2D eigenvalue weighted by molar-refractivity contribution is 7.15. The monoisotopic (exact) mass is 272 g/mol. The molecule has 0 atom stereocenters. The second-order valence-electron chi connectivity index (χ2n) is 4.48. The van der Waals surface area contributed by atoms with E-state index in [1.165, 1.54) is 11.3 Å². The first-order valence-electron chi connectivity index (χ1n) is 6.35. The molecule has 4 nitrogen and oxygen atoms in total. The molecule has 3 aromatic heterocycles. The van der Waals surface area contributed by atoms with Crippen LogP contribution >= 0.6 is 11.3 Å². The van der Waals surface area contributed by atoms with Gasteiger partial charge in [-0.2, -0.15) is 0 Å². The number of hydrogen-bond acceptors (Lipinski definition) is 4. The Morgan fingerprint density at radius 1 is 1.32 bits per heavy atom. The number of nitrogens with one attached hydrogen (secondary N) is 1. The van der Waals surface area contributed by atoms with Crippen molar-refractivity contribution in [2.75, 3.05) is 6.54 Å². The lowest BCUT2D eigenvalue weighted by Crippen LogP contribution is -2.18. The van der Waals surface area contributed by atoms with E-state index in [0.29, 0.717) is 0 Å². The number of pyridine rings is 1. The molecule has 0 aliphatic heterocycles. The van der Waals surface area contributed by atoms with Crippen molar-refractivity contribution in [3.05, 3.63) is 53.1 Å². The molecule has 0 aliphatic carbocycles. The average Bonchev–Trinajstić information content (AvgIpc) is 2.98. The fraction of sp³-hybridized carbons (Fsp3) is 0.286. The van der Waals surface area contributed by atoms with Crippen LogP contribution < -0.4 is 5.32 Å². The molecule has 3 aromatic rings. The minimum Gasteiger partial charge on any atom is -0.311 e. The topological polar surface area (TPSA) is 42.2 Å². The summed E-state index contributed by atoms with van der Waals surface area (Å²) in [6.45, 7) is 3.88. The van der Waals surface area contributed by atoms with Crippen LogP contribution in [0.25, 0.3) is 4.96 Å². The first-order chi connectivity index (χ1) is 9.34. The Bertz CT molecular complexity index is 656. The Labute approximate surface area is 116 Å². The van der Waals surface area contributed by atoms with Crippen molar-refractivity contribution in [1.29, 1.82) is 0 Å². The maximum Gasteiger partial charge on any atom is 0.194 e. The van der Waals surface area contributed by atoms with Gasteiger partial charge >= 0.3 is 0 Å². The number of imidazole rings is 1. The zero-order chi connectivity index (χ0) is 13.1. The summed E-state index contributed by atoms with van der Waals surface area (Å²) in [5.41, 5.74) is 3.68. The maximum atomic E-state index is 4.54. The summed E-state index contributed by atoms with van der Waals surface area (Å²) >= 11 is 1.68. The van der Waals surface area contributed by atoms with Gasteiger partial charge in [0, 0.05) is 30.5 Å². The third-order valence-corrected chi connectivity index (χ3v) is 3.95. The number of aryl methyl sites for hydroxylation is 1. The predicted octanol–water partition coefficient (Wildman–Crippen LogP) is 2.43. The van der Waals surface area contributed by atoms with Gasteiger partial charge in [0.25, 0.3) is 0 Å². The van der Waals surface area contributed by atoms with Crippen LogP contribution in [-0.4, -0.2) is 20.9 Å². The lowest BCUT2D eigenvalue weighted by molar-refractivity contribution is 0.668. The van der Waals surface area contributed by atoms with Gasteiger partial charge in [0.15, 0.2) is 4.96 Å². The largest absolute Gasteiger partial charge is 0.311 e. The van der Waals surface area contributed by atoms with Gasteiger partial charge < -0.3 is 5.32 Å². The SMILES string of the molecule is Cc1nc2sccn2c1CNCCc1ccncc1. The summed E-state index contributed by atoms with van der Waals surface area (Å²) in [6.07, 6.45) is 6.78. The van der Waals surface area contributed by atoms with E-state index < -0.39 is 0 Å². The summed E-state index contributed by atoms with van der Waals surface area (Å²) in [6, 6.07) is 4.12. The van der Waals surface area contributed by atoms with Gasteiger partial charge in [-0.3, -0.25) is 9.38 Å². The van der Waals surface area contributed by atoms with Crippen molar-refractivity contribution in [1.82, 2.24) is 19.7 Å². The first kappa shape index (κ1) is 12.3. The summed E-state index contributed by atoms with van der Waals surface area (Å²) in [5, 5.41) is 5.55. The fourth-order valence-electron chi connectivity index (χ4n) is 2.14. The minimum atomic E-state index is 0.856. The molecule has 19 heavy (non-hydrogen) atoms. The van der Waals surface area contributed by atoms with E-state index in [9.17, 15) is 0 Å². The van der Waals surface area contributed by atoms with Crippen LogP contribution in [0.2, 0.25) is 0 Å². The number of nitrogens with zero attached hydrogens (tertiary/aromatic N) is 3. The highest BCUT2D eigenvalue weighted by Gasteiger charge is 2.08. The summed E-state index contributed by atoms with van der Waals surface area (Å²) in [7, 11) is 0. The molecule has 5 heteroatoms. The van der Waals surface area contributed by atoms with Crippen LogP contribution in [0.1, 0.15) is 17.0 Å². The van der Waals surface area contributed by atoms with E-state index in [1.54, 1.807) is 11.3 Å². The smallest absolute Gasteiger partial charge is 0.194 e. The molecular weight excluding hydrogens is 256 g/mol. The van der Waals surface area contributed by atoms with E-state index >= 15 is 0 Å². The molecule has 3 heterocycles. The van der Waals surface area contributed by atoms with Crippen LogP contribution in [0.5, 0.6) is 0 Å². The zero-order valence-corrected chi connectivity index (χ0v) is 11.7. The molecular formula is C14H16N4S. The molecule has 0 amide bonds. The number of fused-ring (bicyclic) bond motifs is 1. The molecule has 3 rings (SSSR count). The minimum absolute atomic E-state index is 0.856. The van der Waals surface area contributed by atoms with Gasteiger partial charge in [-0.25, -0.2) is 4.98 Å². The standard InChI is InChI=1S/C14H16N4S/c1-11-13(18-8-9-19-14(18)17-11)10-16-7-4-12-2-5-15-6-3-12/h2-3,5-6,8-9,16H,4,7,10H2,1H3. The van der Waals surface area contributed by atoms with Crippen molar-refractivity contribution in [2.24, 2.45) is 0 Å². The Hall–Kier alpha value is -1.72. The summed E-state index contributed by atoms with van der Waals surface area (Å²) < 4.78 is 2.17. The van der Waals surface area contributed by atoms with Gasteiger partial charge in [-0.1, -0.05) is 0 Å². The summed E-state index contributed by atoms with van der Waals surface area (Å²) in [5.74, 6) is 0.